The molecule has 105 heavy (non-hydrogen) atoms. The lowest BCUT2D eigenvalue weighted by Crippen LogP contribution is -2.50. The standard InChI is InChI=1S/C24H20N6O3.C17H21N3O5.C16H17N5O3.C15H14N4O3.CH4/c1-15-2-5-17(6-3-15)18-11-28-30(12-18)22-9-20(26-14-27-22)24(32)25-10-16-4-7-21-19(8-16)29-23(31)13-33-21;1-25-15(24)17-5-2-16(3-6-17,4-7-17)9-18-13(21)11-8-12(14(22)23)20-10-19-11;1-21(2)14-6-12(18-9-19-14)16(23)17-7-10-3-4-13-11(5-10)20-15(22)8-24-13;1-9-4-12(18-8-17-9)15(21)16-6-10-2-3-13-11(5-10)19-14(20)7-22-13;/h2-9,11-12,14,18H,10,13H2,1H3,(H-,25,29,31,32);8,10H,2-7,9H2,1H3,(H,18,21)(H,22,23);3-6,9H,7-8H2,1-2H3,(H,17,23)(H,20,22);2-5,8H,6-7H2,1H3,(H,16,21)(H,19,20);1H4/p+1. The van der Waals surface area contributed by atoms with E-state index in [0.717, 1.165) is 72.8 Å². The molecule has 7 aliphatic rings. The van der Waals surface area contributed by atoms with E-state index in [2.05, 4.69) is 106 Å². The molecular formula is C73H77N18O14+. The van der Waals surface area contributed by atoms with Gasteiger partial charge < -0.3 is 66.2 Å². The summed E-state index contributed by atoms with van der Waals surface area (Å²) in [6.07, 6.45) is 13.9. The molecule has 0 spiro atoms. The fraction of sp³-hybridized carbons (Fsp3) is 0.301. The van der Waals surface area contributed by atoms with E-state index in [1.54, 1.807) is 71.1 Å². The van der Waals surface area contributed by atoms with Gasteiger partial charge in [0, 0.05) is 58.1 Å². The van der Waals surface area contributed by atoms with Crippen LogP contribution in [0.15, 0.2) is 134 Å². The molecule has 7 amide bonds. The van der Waals surface area contributed by atoms with Gasteiger partial charge in [-0.05, 0) is 127 Å². The minimum absolute atomic E-state index is 0. The largest absolute Gasteiger partial charge is 0.482 e. The molecule has 8 heterocycles. The Bertz CT molecular complexity index is 4680. The van der Waals surface area contributed by atoms with Crippen molar-refractivity contribution in [2.45, 2.75) is 85.4 Å². The number of carbonyl (C=O) groups excluding carboxylic acids is 8. The van der Waals surface area contributed by atoms with Gasteiger partial charge in [-0.1, -0.05) is 60.6 Å². The van der Waals surface area contributed by atoms with Crippen LogP contribution in [0.25, 0.3) is 0 Å². The summed E-state index contributed by atoms with van der Waals surface area (Å²) in [7, 11) is 5.11. The van der Waals surface area contributed by atoms with Gasteiger partial charge in [0.1, 0.15) is 71.0 Å². The number of hydrogen-bond acceptors (Lipinski definition) is 23. The number of carboxylic acids is 1. The van der Waals surface area contributed by atoms with Gasteiger partial charge in [-0.25, -0.2) is 39.7 Å². The lowest BCUT2D eigenvalue weighted by Gasteiger charge is -2.51. The molecule has 8 aromatic rings. The first-order valence-corrected chi connectivity index (χ1v) is 32.9. The first-order valence-electron chi connectivity index (χ1n) is 32.9. The number of benzene rings is 4. The molecule has 3 aliphatic carbocycles. The zero-order chi connectivity index (χ0) is 73.5. The van der Waals surface area contributed by atoms with Crippen molar-refractivity contribution in [3.63, 3.8) is 0 Å². The van der Waals surface area contributed by atoms with E-state index < -0.39 is 11.9 Å². The summed E-state index contributed by atoms with van der Waals surface area (Å²) in [5.41, 5.74) is 7.71. The smallest absolute Gasteiger partial charge is 0.354 e. The molecule has 4 aromatic carbocycles. The number of aromatic nitrogens is 8. The first kappa shape index (κ1) is 74.7. The summed E-state index contributed by atoms with van der Waals surface area (Å²) in [6, 6.07) is 30.4. The second-order valence-corrected chi connectivity index (χ2v) is 25.3. The molecule has 542 valence electrons. The predicted molar refractivity (Wildman–Crippen MR) is 381 cm³/mol. The van der Waals surface area contributed by atoms with Crippen LogP contribution in [0.2, 0.25) is 0 Å². The molecule has 15 rings (SSSR count). The third-order valence-corrected chi connectivity index (χ3v) is 17.8. The average Bonchev–Trinajstić information content (AvgIpc) is 1.40. The quantitative estimate of drug-likeness (QED) is 0.0358. The van der Waals surface area contributed by atoms with E-state index in [4.69, 9.17) is 24.1 Å². The number of esters is 1. The molecule has 3 saturated carbocycles. The van der Waals surface area contributed by atoms with Crippen LogP contribution in [0.5, 0.6) is 17.2 Å². The monoisotopic (exact) mass is 1430 g/mol. The minimum atomic E-state index is -1.20. The maximum Gasteiger partial charge on any atom is 0.354 e. The van der Waals surface area contributed by atoms with Crippen LogP contribution in [-0.2, 0) is 43.5 Å². The zero-order valence-corrected chi connectivity index (χ0v) is 57.2. The molecule has 0 radical (unpaired) electrons. The molecule has 1 atom stereocenters. The van der Waals surface area contributed by atoms with Gasteiger partial charge >= 0.3 is 17.8 Å². The number of hydrogen-bond donors (Lipinski definition) is 8. The lowest BCUT2D eigenvalue weighted by molar-refractivity contribution is -0.441. The van der Waals surface area contributed by atoms with E-state index >= 15 is 0 Å². The van der Waals surface area contributed by atoms with E-state index in [-0.39, 0.29) is 109 Å². The molecule has 32 nitrogen and oxygen atoms in total. The maximum atomic E-state index is 12.7. The third kappa shape index (κ3) is 19.1. The fourth-order valence-electron chi connectivity index (χ4n) is 11.9. The normalized spacial score (nSPS) is 17.3. The van der Waals surface area contributed by atoms with E-state index in [1.165, 1.54) is 37.7 Å². The highest BCUT2D eigenvalue weighted by Gasteiger charge is 2.53. The molecule has 2 bridgehead atoms. The van der Waals surface area contributed by atoms with Crippen LogP contribution in [0.4, 0.5) is 28.7 Å². The molecular weight excluding hydrogens is 1350 g/mol. The van der Waals surface area contributed by atoms with Crippen molar-refractivity contribution in [1.29, 1.82) is 0 Å². The highest BCUT2D eigenvalue weighted by Crippen LogP contribution is 2.57. The van der Waals surface area contributed by atoms with Crippen molar-refractivity contribution in [3.05, 3.63) is 190 Å². The number of methoxy groups -OCH3 is 1. The predicted octanol–water partition coefficient (Wildman–Crippen LogP) is 6.45. The lowest BCUT2D eigenvalue weighted by atomic mass is 9.53. The molecule has 32 heteroatoms. The van der Waals surface area contributed by atoms with E-state index in [1.807, 2.05) is 51.6 Å². The summed E-state index contributed by atoms with van der Waals surface area (Å²) in [4.78, 5) is 140. The first-order chi connectivity index (χ1) is 50.1. The van der Waals surface area contributed by atoms with Crippen molar-refractivity contribution in [1.82, 2.24) is 61.1 Å². The number of amides is 7. The van der Waals surface area contributed by atoms with Crippen molar-refractivity contribution in [2.24, 2.45) is 15.9 Å². The van der Waals surface area contributed by atoms with Crippen molar-refractivity contribution in [2.75, 3.05) is 68.4 Å². The maximum absolute atomic E-state index is 12.7. The van der Waals surface area contributed by atoms with Crippen molar-refractivity contribution in [3.8, 4) is 17.2 Å². The minimum Gasteiger partial charge on any atom is -0.482 e. The molecule has 0 saturated heterocycles. The van der Waals surface area contributed by atoms with Gasteiger partial charge in [-0.15, -0.1) is 4.68 Å². The third-order valence-electron chi connectivity index (χ3n) is 17.8. The molecule has 8 N–H and O–H groups in total. The van der Waals surface area contributed by atoms with E-state index in [9.17, 15) is 43.2 Å². The zero-order valence-electron chi connectivity index (χ0n) is 57.2. The Labute approximate surface area is 602 Å². The Morgan fingerprint density at radius 3 is 1.46 bits per heavy atom. The van der Waals surface area contributed by atoms with Gasteiger partial charge in [0.15, 0.2) is 25.5 Å². The second kappa shape index (κ2) is 33.6. The Morgan fingerprint density at radius 1 is 0.543 bits per heavy atom. The van der Waals surface area contributed by atoms with Crippen LogP contribution in [-0.4, -0.2) is 163 Å². The van der Waals surface area contributed by atoms with Crippen LogP contribution in [0.1, 0.15) is 138 Å². The SMILES string of the molecule is C.CN(C)c1cc(C(=O)NCc2ccc3c(c2)NC(=O)CO3)ncn1.COC(=O)C12CCC(CNC(=O)c3cc(C(=O)O)ncn3)(CC1)CC2.Cc1cc(C(=O)NCc2ccc3c(c2)NC(=O)CO3)ncn1.Cc1ccc(C2C=N[N+](c3cc(C(=O)NCc4ccc5c(c4)NC(=O)CO5)ncn3)=C2)cc1. The summed E-state index contributed by atoms with van der Waals surface area (Å²) in [6.45, 7) is 5.29. The highest BCUT2D eigenvalue weighted by atomic mass is 16.5. The number of nitrogens with one attached hydrogen (secondary N) is 7. The molecule has 4 aromatic heterocycles. The van der Waals surface area contributed by atoms with Gasteiger partial charge in [-0.2, -0.15) is 0 Å². The van der Waals surface area contributed by atoms with E-state index in [0.29, 0.717) is 77.0 Å². The van der Waals surface area contributed by atoms with Gasteiger partial charge in [-0.3, -0.25) is 38.4 Å². The number of fused-ring (bicyclic) bond motifs is 6. The Kier molecular flexibility index (Phi) is 23.9. The van der Waals surface area contributed by atoms with Gasteiger partial charge in [0.05, 0.1) is 47.8 Å². The number of anilines is 4. The number of rotatable bonds is 17. The number of aromatic carboxylic acids is 1. The average molecular weight is 1430 g/mol. The highest BCUT2D eigenvalue weighted by molar-refractivity contribution is 5.99. The van der Waals surface area contributed by atoms with Crippen LogP contribution in [0.3, 0.4) is 0 Å². The number of carbonyl (C=O) groups is 9. The number of aryl methyl sites for hydroxylation is 2. The summed E-state index contributed by atoms with van der Waals surface area (Å²) < 4.78 is 22.5. The van der Waals surface area contributed by atoms with Crippen LogP contribution < -0.4 is 56.3 Å². The number of nitrogens with zero attached hydrogens (tertiary/aromatic N) is 11. The second-order valence-electron chi connectivity index (χ2n) is 25.3. The fourth-order valence-corrected chi connectivity index (χ4v) is 11.9. The number of hydrazone groups is 1. The Morgan fingerprint density at radius 2 is 0.981 bits per heavy atom. The summed E-state index contributed by atoms with van der Waals surface area (Å²) >= 11 is 0. The van der Waals surface area contributed by atoms with Crippen LogP contribution in [0, 0.1) is 24.7 Å². The molecule has 3 fully saturated rings. The summed E-state index contributed by atoms with van der Waals surface area (Å²) in [5.74, 6) is -0.167. The molecule has 4 aliphatic heterocycles. The van der Waals surface area contributed by atoms with Gasteiger partial charge in [0.25, 0.3) is 41.4 Å². The van der Waals surface area contributed by atoms with Crippen LogP contribution >= 0.6 is 0 Å². The Hall–Kier alpha value is -13.0. The Balaban J connectivity index is 0.000000151. The topological polar surface area (TPSA) is 417 Å². The molecule has 1 unspecified atom stereocenters. The summed E-state index contributed by atoms with van der Waals surface area (Å²) in [5, 5.41) is 32.9. The van der Waals surface area contributed by atoms with Crippen molar-refractivity contribution >= 4 is 94.4 Å². The number of ether oxygens (including phenoxy) is 4. The van der Waals surface area contributed by atoms with Gasteiger partial charge in [0.2, 0.25) is 6.33 Å². The number of carboxylic acid groups (broad SMARTS) is 1. The van der Waals surface area contributed by atoms with Crippen molar-refractivity contribution < 1.29 is 71.9 Å².